The zero-order chi connectivity index (χ0) is 15.6. The van der Waals surface area contributed by atoms with E-state index in [0.29, 0.717) is 0 Å². The summed E-state index contributed by atoms with van der Waals surface area (Å²) < 4.78 is 27.3. The van der Waals surface area contributed by atoms with Gasteiger partial charge in [-0.25, -0.2) is 13.6 Å². The van der Waals surface area contributed by atoms with E-state index in [4.69, 9.17) is 16.7 Å². The number of likely N-dealkylation sites (tertiary alicyclic amines) is 1. The fourth-order valence-electron chi connectivity index (χ4n) is 2.25. The lowest BCUT2D eigenvalue weighted by Crippen LogP contribution is -2.48. The van der Waals surface area contributed by atoms with E-state index in [2.05, 4.69) is 5.32 Å². The summed E-state index contributed by atoms with van der Waals surface area (Å²) in [5.41, 5.74) is 0.145. The molecule has 1 aromatic carbocycles. The van der Waals surface area contributed by atoms with Gasteiger partial charge in [0, 0.05) is 18.7 Å². The summed E-state index contributed by atoms with van der Waals surface area (Å²) in [6, 6.07) is 2.91. The zero-order valence-corrected chi connectivity index (χ0v) is 11.6. The molecule has 0 unspecified atom stereocenters. The summed E-state index contributed by atoms with van der Waals surface area (Å²) in [5, 5.41) is 11.2. The van der Waals surface area contributed by atoms with E-state index in [-0.39, 0.29) is 30.1 Å². The van der Waals surface area contributed by atoms with Crippen LogP contribution in [0.1, 0.15) is 12.0 Å². The van der Waals surface area contributed by atoms with E-state index in [9.17, 15) is 18.4 Å². The fourth-order valence-corrected chi connectivity index (χ4v) is 2.44. The molecule has 0 aromatic heterocycles. The number of carboxylic acid groups (broad SMARTS) is 1. The number of amides is 2. The molecule has 1 heterocycles. The van der Waals surface area contributed by atoms with Gasteiger partial charge in [0.1, 0.15) is 18.0 Å². The SMILES string of the molecule is O=C(NCc1cccc(Cl)c1F)[C@@H]1[C@H](F)CCN1C(=O)O. The summed E-state index contributed by atoms with van der Waals surface area (Å²) in [5.74, 6) is -1.46. The Bertz CT molecular complexity index is 570. The first-order chi connectivity index (χ1) is 9.91. The van der Waals surface area contributed by atoms with Gasteiger partial charge in [-0.15, -0.1) is 0 Å². The Labute approximate surface area is 124 Å². The molecule has 1 fully saturated rings. The minimum absolute atomic E-state index is 0.0318. The van der Waals surface area contributed by atoms with Crippen LogP contribution >= 0.6 is 11.6 Å². The number of nitrogens with zero attached hydrogens (tertiary/aromatic N) is 1. The average molecular weight is 319 g/mol. The Morgan fingerprint density at radius 3 is 2.86 bits per heavy atom. The van der Waals surface area contributed by atoms with Crippen LogP contribution in [0.25, 0.3) is 0 Å². The molecule has 1 aliphatic rings. The zero-order valence-electron chi connectivity index (χ0n) is 10.9. The van der Waals surface area contributed by atoms with E-state index in [1.165, 1.54) is 18.2 Å². The van der Waals surface area contributed by atoms with Crippen molar-refractivity contribution in [2.75, 3.05) is 6.54 Å². The van der Waals surface area contributed by atoms with Gasteiger partial charge in [0.2, 0.25) is 5.91 Å². The molecule has 0 radical (unpaired) electrons. The van der Waals surface area contributed by atoms with Crippen molar-refractivity contribution in [3.63, 3.8) is 0 Å². The Kier molecular flexibility index (Phi) is 4.62. The van der Waals surface area contributed by atoms with Gasteiger partial charge in [0.05, 0.1) is 5.02 Å². The van der Waals surface area contributed by atoms with E-state index in [1.807, 2.05) is 0 Å². The van der Waals surface area contributed by atoms with E-state index in [1.54, 1.807) is 0 Å². The predicted octanol–water partition coefficient (Wildman–Crippen LogP) is 2.19. The highest BCUT2D eigenvalue weighted by molar-refractivity contribution is 6.30. The molecule has 2 rings (SSSR count). The van der Waals surface area contributed by atoms with Crippen LogP contribution in [-0.4, -0.2) is 40.8 Å². The quantitative estimate of drug-likeness (QED) is 0.897. The Hall–Kier alpha value is -1.89. The second kappa shape index (κ2) is 6.26. The molecular formula is C13H13ClF2N2O3. The van der Waals surface area contributed by atoms with Gasteiger partial charge in [-0.1, -0.05) is 23.7 Å². The summed E-state index contributed by atoms with van der Waals surface area (Å²) in [6.07, 6.45) is -2.95. The van der Waals surface area contributed by atoms with Gasteiger partial charge < -0.3 is 10.4 Å². The number of carbonyl (C=O) groups excluding carboxylic acids is 1. The molecule has 2 amide bonds. The molecular weight excluding hydrogens is 306 g/mol. The number of hydrogen-bond acceptors (Lipinski definition) is 2. The highest BCUT2D eigenvalue weighted by Crippen LogP contribution is 2.22. The lowest BCUT2D eigenvalue weighted by molar-refractivity contribution is -0.126. The van der Waals surface area contributed by atoms with Crippen molar-refractivity contribution in [3.8, 4) is 0 Å². The first-order valence-electron chi connectivity index (χ1n) is 6.26. The maximum atomic E-state index is 13.7. The van der Waals surface area contributed by atoms with Crippen LogP contribution in [0, 0.1) is 5.82 Å². The smallest absolute Gasteiger partial charge is 0.408 e. The van der Waals surface area contributed by atoms with Crippen molar-refractivity contribution in [1.82, 2.24) is 10.2 Å². The summed E-state index contributed by atoms with van der Waals surface area (Å²) in [6.45, 7) is -0.234. The number of carbonyl (C=O) groups is 2. The third kappa shape index (κ3) is 3.24. The third-order valence-corrected chi connectivity index (χ3v) is 3.62. The van der Waals surface area contributed by atoms with E-state index < -0.39 is 30.0 Å². The van der Waals surface area contributed by atoms with Crippen molar-refractivity contribution in [2.45, 2.75) is 25.2 Å². The maximum Gasteiger partial charge on any atom is 0.408 e. The van der Waals surface area contributed by atoms with Crippen molar-refractivity contribution < 1.29 is 23.5 Å². The van der Waals surface area contributed by atoms with E-state index >= 15 is 0 Å². The summed E-state index contributed by atoms with van der Waals surface area (Å²) in [4.78, 5) is 23.6. The summed E-state index contributed by atoms with van der Waals surface area (Å²) >= 11 is 5.61. The van der Waals surface area contributed by atoms with Crippen molar-refractivity contribution in [1.29, 1.82) is 0 Å². The number of halogens is 3. The van der Waals surface area contributed by atoms with Crippen LogP contribution in [0.15, 0.2) is 18.2 Å². The topological polar surface area (TPSA) is 69.6 Å². The molecule has 0 aliphatic carbocycles. The van der Waals surface area contributed by atoms with Crippen LogP contribution in [0.3, 0.4) is 0 Å². The molecule has 0 saturated carbocycles. The largest absolute Gasteiger partial charge is 0.465 e. The Balaban J connectivity index is 2.04. The lowest BCUT2D eigenvalue weighted by Gasteiger charge is -2.21. The molecule has 2 atom stereocenters. The molecule has 21 heavy (non-hydrogen) atoms. The lowest BCUT2D eigenvalue weighted by atomic mass is 10.1. The molecule has 5 nitrogen and oxygen atoms in total. The molecule has 0 spiro atoms. The minimum Gasteiger partial charge on any atom is -0.465 e. The van der Waals surface area contributed by atoms with Gasteiger partial charge in [-0.05, 0) is 12.5 Å². The van der Waals surface area contributed by atoms with Gasteiger partial charge in [0.15, 0.2) is 0 Å². The van der Waals surface area contributed by atoms with Gasteiger partial charge in [-0.3, -0.25) is 9.69 Å². The second-order valence-electron chi connectivity index (χ2n) is 4.66. The fraction of sp³-hybridized carbons (Fsp3) is 0.385. The number of benzene rings is 1. The molecule has 0 bridgehead atoms. The number of nitrogens with one attached hydrogen (secondary N) is 1. The standard InChI is InChI=1S/C13H13ClF2N2O3/c14-8-3-1-2-7(10(8)16)6-17-12(19)11-9(15)4-5-18(11)13(20)21/h1-3,9,11H,4-6H2,(H,17,19)(H,20,21)/t9-,11+/m1/s1. The van der Waals surface area contributed by atoms with Crippen LogP contribution in [0.2, 0.25) is 5.02 Å². The second-order valence-corrected chi connectivity index (χ2v) is 5.06. The molecule has 114 valence electrons. The van der Waals surface area contributed by atoms with Gasteiger partial charge in [-0.2, -0.15) is 0 Å². The Morgan fingerprint density at radius 1 is 1.48 bits per heavy atom. The van der Waals surface area contributed by atoms with E-state index in [0.717, 1.165) is 4.90 Å². The molecule has 1 aromatic rings. The molecule has 1 aliphatic heterocycles. The van der Waals surface area contributed by atoms with Crippen molar-refractivity contribution in [3.05, 3.63) is 34.6 Å². The van der Waals surface area contributed by atoms with Crippen LogP contribution in [-0.2, 0) is 11.3 Å². The number of hydrogen-bond donors (Lipinski definition) is 2. The van der Waals surface area contributed by atoms with Crippen LogP contribution in [0.5, 0.6) is 0 Å². The third-order valence-electron chi connectivity index (χ3n) is 3.32. The molecule has 2 N–H and O–H groups in total. The highest BCUT2D eigenvalue weighted by atomic mass is 35.5. The van der Waals surface area contributed by atoms with Crippen LogP contribution < -0.4 is 5.32 Å². The monoisotopic (exact) mass is 318 g/mol. The molecule has 8 heteroatoms. The normalized spacial score (nSPS) is 21.4. The average Bonchev–Trinajstić information content (AvgIpc) is 2.82. The number of rotatable bonds is 3. The Morgan fingerprint density at radius 2 is 2.19 bits per heavy atom. The van der Waals surface area contributed by atoms with Gasteiger partial charge >= 0.3 is 6.09 Å². The minimum atomic E-state index is -1.56. The first kappa shape index (κ1) is 15.5. The number of alkyl halides is 1. The molecule has 1 saturated heterocycles. The summed E-state index contributed by atoms with van der Waals surface area (Å²) in [7, 11) is 0. The van der Waals surface area contributed by atoms with Crippen molar-refractivity contribution >= 4 is 23.6 Å². The van der Waals surface area contributed by atoms with Crippen molar-refractivity contribution in [2.24, 2.45) is 0 Å². The predicted molar refractivity (Wildman–Crippen MR) is 71.3 cm³/mol. The van der Waals surface area contributed by atoms with Gasteiger partial charge in [0.25, 0.3) is 0 Å². The highest BCUT2D eigenvalue weighted by Gasteiger charge is 2.42. The maximum absolute atomic E-state index is 13.7. The first-order valence-corrected chi connectivity index (χ1v) is 6.64. The van der Waals surface area contributed by atoms with Crippen LogP contribution in [0.4, 0.5) is 13.6 Å².